The lowest BCUT2D eigenvalue weighted by molar-refractivity contribution is -0.384. The van der Waals surface area contributed by atoms with Crippen LogP contribution in [0.5, 0.6) is 5.75 Å². The lowest BCUT2D eigenvalue weighted by atomic mass is 10.1. The molecule has 0 heterocycles. The van der Waals surface area contributed by atoms with Crippen LogP contribution in [0.4, 0.5) is 11.4 Å². The first kappa shape index (κ1) is 21.6. The highest BCUT2D eigenvalue weighted by atomic mass is 32.1. The van der Waals surface area contributed by atoms with Crippen LogP contribution in [-0.2, 0) is 11.2 Å². The number of rotatable bonds is 8. The van der Waals surface area contributed by atoms with Crippen molar-refractivity contribution in [2.75, 3.05) is 11.9 Å². The highest BCUT2D eigenvalue weighted by Gasteiger charge is 2.20. The van der Waals surface area contributed by atoms with Crippen LogP contribution in [0.25, 0.3) is 0 Å². The average molecular weight is 413 g/mol. The Kier molecular flexibility index (Phi) is 7.88. The number of hydrogen-bond acceptors (Lipinski definition) is 6. The summed E-state index contributed by atoms with van der Waals surface area (Å²) >= 11 is 5.26. The second kappa shape index (κ2) is 10.6. The van der Waals surface area contributed by atoms with Crippen LogP contribution in [0.2, 0.25) is 0 Å². The number of carbonyl (C=O) groups is 1. The summed E-state index contributed by atoms with van der Waals surface area (Å²) in [5.41, 5.74) is 1.28. The van der Waals surface area contributed by atoms with Gasteiger partial charge in [0, 0.05) is 30.8 Å². The summed E-state index contributed by atoms with van der Waals surface area (Å²) < 4.78 is 0. The summed E-state index contributed by atoms with van der Waals surface area (Å²) in [4.78, 5) is 22.7. The second-order valence-electron chi connectivity index (χ2n) is 6.02. The minimum Gasteiger partial charge on any atom is -0.508 e. The molecule has 0 aliphatic heterocycles. The largest absolute Gasteiger partial charge is 0.508 e. The summed E-state index contributed by atoms with van der Waals surface area (Å²) in [5, 5.41) is 37.4. The van der Waals surface area contributed by atoms with E-state index in [2.05, 4.69) is 16.0 Å². The van der Waals surface area contributed by atoms with Crippen molar-refractivity contribution in [3.05, 3.63) is 64.2 Å². The molecular weight excluding hydrogens is 394 g/mol. The van der Waals surface area contributed by atoms with Gasteiger partial charge in [-0.25, -0.2) is 0 Å². The van der Waals surface area contributed by atoms with Crippen molar-refractivity contribution >= 4 is 34.6 Å². The van der Waals surface area contributed by atoms with Crippen molar-refractivity contribution in [2.45, 2.75) is 18.9 Å². The molecule has 0 aliphatic carbocycles. The zero-order valence-corrected chi connectivity index (χ0v) is 16.1. The number of thiocarbonyl (C=S) groups is 1. The maximum absolute atomic E-state index is 12.5. The zero-order chi connectivity index (χ0) is 21.2. The van der Waals surface area contributed by atoms with Gasteiger partial charge in [0.05, 0.1) is 17.4 Å². The third-order valence-electron chi connectivity index (χ3n) is 3.87. The van der Waals surface area contributed by atoms with Crippen molar-refractivity contribution in [3.63, 3.8) is 0 Å². The molecule has 0 saturated heterocycles. The molecule has 2 aromatic carbocycles. The van der Waals surface area contributed by atoms with Gasteiger partial charge < -0.3 is 21.1 Å². The molecular formula is C19H19N5O4S. The number of aromatic hydroxyl groups is 1. The third-order valence-corrected chi connectivity index (χ3v) is 4.09. The number of phenolic OH excluding ortho intramolecular Hbond substituents is 1. The maximum atomic E-state index is 12.5. The van der Waals surface area contributed by atoms with Gasteiger partial charge in [0.25, 0.3) is 5.69 Å². The number of nitrogens with one attached hydrogen (secondary N) is 3. The molecule has 0 aliphatic rings. The van der Waals surface area contributed by atoms with Crippen molar-refractivity contribution in [3.8, 4) is 11.8 Å². The van der Waals surface area contributed by atoms with E-state index < -0.39 is 11.0 Å². The molecule has 0 aromatic heterocycles. The van der Waals surface area contributed by atoms with Crippen LogP contribution in [-0.4, -0.2) is 33.6 Å². The van der Waals surface area contributed by atoms with Gasteiger partial charge in [-0.1, -0.05) is 12.1 Å². The number of nitro groups is 1. The standard InChI is InChI=1S/C19H19N5O4S/c20-10-1-11-21-18(26)17(12-13-2-8-16(25)9-3-13)23-19(29)22-14-4-6-15(7-5-14)24(27)28/h2-9,17,25H,1,11-12H2,(H,21,26)(H2,22,23,29). The van der Waals surface area contributed by atoms with Crippen LogP contribution in [0.15, 0.2) is 48.5 Å². The lowest BCUT2D eigenvalue weighted by Gasteiger charge is -2.20. The van der Waals surface area contributed by atoms with Crippen LogP contribution in [0.1, 0.15) is 12.0 Å². The number of non-ortho nitro benzene ring substituents is 1. The normalized spacial score (nSPS) is 11.0. The van der Waals surface area contributed by atoms with Gasteiger partial charge in [0.1, 0.15) is 11.8 Å². The van der Waals surface area contributed by atoms with Gasteiger partial charge in [-0.15, -0.1) is 0 Å². The molecule has 0 spiro atoms. The van der Waals surface area contributed by atoms with E-state index >= 15 is 0 Å². The number of nitrogens with zero attached hydrogens (tertiary/aromatic N) is 2. The molecule has 0 bridgehead atoms. The number of benzene rings is 2. The summed E-state index contributed by atoms with van der Waals surface area (Å²) in [7, 11) is 0. The molecule has 0 fully saturated rings. The van der Waals surface area contributed by atoms with Crippen molar-refractivity contribution < 1.29 is 14.8 Å². The van der Waals surface area contributed by atoms with E-state index in [4.69, 9.17) is 17.5 Å². The van der Waals surface area contributed by atoms with E-state index in [1.165, 1.54) is 36.4 Å². The van der Waals surface area contributed by atoms with E-state index in [-0.39, 0.29) is 35.4 Å². The Balaban J connectivity index is 2.05. The number of hydrogen-bond donors (Lipinski definition) is 4. The molecule has 2 rings (SSSR count). The van der Waals surface area contributed by atoms with Gasteiger partial charge in [-0.3, -0.25) is 14.9 Å². The molecule has 2 aromatic rings. The molecule has 0 saturated carbocycles. The van der Waals surface area contributed by atoms with Gasteiger partial charge in [-0.05, 0) is 42.0 Å². The number of nitriles is 1. The van der Waals surface area contributed by atoms with E-state index in [1.807, 2.05) is 6.07 Å². The Labute approximate surface area is 172 Å². The summed E-state index contributed by atoms with van der Waals surface area (Å²) in [6.07, 6.45) is 0.476. The topological polar surface area (TPSA) is 140 Å². The number of carbonyl (C=O) groups excluding carboxylic acids is 1. The molecule has 1 atom stereocenters. The monoisotopic (exact) mass is 413 g/mol. The molecule has 9 nitrogen and oxygen atoms in total. The zero-order valence-electron chi connectivity index (χ0n) is 15.3. The maximum Gasteiger partial charge on any atom is 0.269 e. The van der Waals surface area contributed by atoms with Gasteiger partial charge in [0.2, 0.25) is 5.91 Å². The Morgan fingerprint density at radius 3 is 2.45 bits per heavy atom. The Morgan fingerprint density at radius 1 is 1.21 bits per heavy atom. The first-order chi connectivity index (χ1) is 13.9. The number of nitro benzene ring substituents is 1. The molecule has 4 N–H and O–H groups in total. The van der Waals surface area contributed by atoms with E-state index in [0.29, 0.717) is 12.1 Å². The minimum absolute atomic E-state index is 0.0449. The van der Waals surface area contributed by atoms with Crippen LogP contribution in [0, 0.1) is 21.4 Å². The predicted octanol–water partition coefficient (Wildman–Crippen LogP) is 2.23. The number of amides is 1. The van der Waals surface area contributed by atoms with Crippen LogP contribution < -0.4 is 16.0 Å². The van der Waals surface area contributed by atoms with Crippen molar-refractivity contribution in [1.29, 1.82) is 5.26 Å². The van der Waals surface area contributed by atoms with E-state index in [0.717, 1.165) is 5.56 Å². The number of phenols is 1. The molecule has 150 valence electrons. The first-order valence-electron chi connectivity index (χ1n) is 8.63. The Bertz CT molecular complexity index is 910. The summed E-state index contributed by atoms with van der Waals surface area (Å²) in [6, 6.07) is 13.4. The lowest BCUT2D eigenvalue weighted by Crippen LogP contribution is -2.49. The Hall–Kier alpha value is -3.71. The Morgan fingerprint density at radius 2 is 1.86 bits per heavy atom. The van der Waals surface area contributed by atoms with Crippen molar-refractivity contribution in [2.24, 2.45) is 0 Å². The fourth-order valence-electron chi connectivity index (χ4n) is 2.43. The smallest absolute Gasteiger partial charge is 0.269 e. The molecule has 29 heavy (non-hydrogen) atoms. The fraction of sp³-hybridized carbons (Fsp3) is 0.211. The summed E-state index contributed by atoms with van der Waals surface area (Å²) in [6.45, 7) is 0.214. The van der Waals surface area contributed by atoms with Gasteiger partial charge in [-0.2, -0.15) is 5.26 Å². The predicted molar refractivity (Wildman–Crippen MR) is 111 cm³/mol. The molecule has 0 radical (unpaired) electrons. The molecule has 1 amide bonds. The average Bonchev–Trinajstić information content (AvgIpc) is 2.69. The van der Waals surface area contributed by atoms with E-state index in [9.17, 15) is 20.0 Å². The quantitative estimate of drug-likeness (QED) is 0.223. The highest BCUT2D eigenvalue weighted by Crippen LogP contribution is 2.15. The highest BCUT2D eigenvalue weighted by molar-refractivity contribution is 7.80. The minimum atomic E-state index is -0.726. The summed E-state index contributed by atoms with van der Waals surface area (Å²) in [5.74, 6) is -0.215. The molecule has 1 unspecified atom stereocenters. The van der Waals surface area contributed by atoms with Gasteiger partial charge in [0.15, 0.2) is 5.11 Å². The second-order valence-corrected chi connectivity index (χ2v) is 6.43. The van der Waals surface area contributed by atoms with E-state index in [1.54, 1.807) is 12.1 Å². The third kappa shape index (κ3) is 7.08. The molecule has 10 heteroatoms. The van der Waals surface area contributed by atoms with Crippen LogP contribution >= 0.6 is 12.2 Å². The SMILES string of the molecule is N#CCCNC(=O)C(Cc1ccc(O)cc1)NC(=S)Nc1ccc([N+](=O)[O-])cc1. The van der Waals surface area contributed by atoms with Crippen molar-refractivity contribution in [1.82, 2.24) is 10.6 Å². The number of anilines is 1. The first-order valence-corrected chi connectivity index (χ1v) is 9.04. The fourth-order valence-corrected chi connectivity index (χ4v) is 2.69. The van der Waals surface area contributed by atoms with Crippen LogP contribution in [0.3, 0.4) is 0 Å². The van der Waals surface area contributed by atoms with Gasteiger partial charge >= 0.3 is 0 Å².